The Morgan fingerprint density at radius 2 is 2.38 bits per heavy atom. The predicted molar refractivity (Wildman–Crippen MR) is 62.4 cm³/mol. The van der Waals surface area contributed by atoms with Crippen LogP contribution in [0.4, 0.5) is 5.82 Å². The zero-order chi connectivity index (χ0) is 11.5. The summed E-state index contributed by atoms with van der Waals surface area (Å²) in [7, 11) is 2.03. The van der Waals surface area contributed by atoms with E-state index < -0.39 is 0 Å². The van der Waals surface area contributed by atoms with Crippen molar-refractivity contribution in [3.63, 3.8) is 0 Å². The van der Waals surface area contributed by atoms with E-state index >= 15 is 0 Å². The average Bonchev–Trinajstić information content (AvgIpc) is 2.74. The molecule has 4 nitrogen and oxygen atoms in total. The van der Waals surface area contributed by atoms with E-state index in [4.69, 9.17) is 9.84 Å². The highest BCUT2D eigenvalue weighted by atomic mass is 16.5. The number of aromatic nitrogens is 1. The van der Waals surface area contributed by atoms with E-state index in [9.17, 15) is 0 Å². The van der Waals surface area contributed by atoms with Gasteiger partial charge in [-0.3, -0.25) is 0 Å². The van der Waals surface area contributed by atoms with Crippen LogP contribution in [0.2, 0.25) is 0 Å². The lowest BCUT2D eigenvalue weighted by molar-refractivity contribution is 0.118. The molecule has 16 heavy (non-hydrogen) atoms. The summed E-state index contributed by atoms with van der Waals surface area (Å²) in [5.41, 5.74) is 0.705. The summed E-state index contributed by atoms with van der Waals surface area (Å²) in [4.78, 5) is 6.53. The SMILES string of the molecule is CC1OCCC1N(C)c1cccc(CO)n1. The Morgan fingerprint density at radius 3 is 3.00 bits per heavy atom. The number of hydrogen-bond donors (Lipinski definition) is 1. The van der Waals surface area contributed by atoms with Gasteiger partial charge in [0.2, 0.25) is 0 Å². The van der Waals surface area contributed by atoms with Gasteiger partial charge in [-0.2, -0.15) is 0 Å². The average molecular weight is 222 g/mol. The zero-order valence-corrected chi connectivity index (χ0v) is 9.76. The molecule has 2 heterocycles. The molecule has 1 N–H and O–H groups in total. The van der Waals surface area contributed by atoms with Crippen molar-refractivity contribution in [3.8, 4) is 0 Å². The van der Waals surface area contributed by atoms with E-state index in [1.807, 2.05) is 25.2 Å². The quantitative estimate of drug-likeness (QED) is 0.834. The fourth-order valence-electron chi connectivity index (χ4n) is 2.15. The zero-order valence-electron chi connectivity index (χ0n) is 9.76. The van der Waals surface area contributed by atoms with Gasteiger partial charge in [0.25, 0.3) is 0 Å². The van der Waals surface area contributed by atoms with Crippen LogP contribution in [0, 0.1) is 0 Å². The van der Waals surface area contributed by atoms with Gasteiger partial charge < -0.3 is 14.7 Å². The summed E-state index contributed by atoms with van der Waals surface area (Å²) >= 11 is 0. The monoisotopic (exact) mass is 222 g/mol. The number of anilines is 1. The van der Waals surface area contributed by atoms with Gasteiger partial charge in [0.1, 0.15) is 5.82 Å². The van der Waals surface area contributed by atoms with E-state index in [-0.39, 0.29) is 12.7 Å². The van der Waals surface area contributed by atoms with Crippen molar-refractivity contribution in [1.29, 1.82) is 0 Å². The first-order chi connectivity index (χ1) is 7.72. The van der Waals surface area contributed by atoms with Crippen LogP contribution in [0.3, 0.4) is 0 Å². The van der Waals surface area contributed by atoms with Crippen LogP contribution in [-0.2, 0) is 11.3 Å². The Kier molecular flexibility index (Phi) is 3.41. The third-order valence-electron chi connectivity index (χ3n) is 3.15. The van der Waals surface area contributed by atoms with Crippen molar-refractivity contribution in [2.24, 2.45) is 0 Å². The lowest BCUT2D eigenvalue weighted by Gasteiger charge is -2.27. The van der Waals surface area contributed by atoms with Crippen molar-refractivity contribution in [2.45, 2.75) is 32.1 Å². The molecule has 0 saturated carbocycles. The van der Waals surface area contributed by atoms with Gasteiger partial charge in [-0.1, -0.05) is 6.07 Å². The summed E-state index contributed by atoms with van der Waals surface area (Å²) in [6, 6.07) is 6.09. The minimum absolute atomic E-state index is 0.0155. The number of pyridine rings is 1. The number of aliphatic hydroxyl groups excluding tert-OH is 1. The fourth-order valence-corrected chi connectivity index (χ4v) is 2.15. The van der Waals surface area contributed by atoms with E-state index in [0.29, 0.717) is 11.7 Å². The van der Waals surface area contributed by atoms with Crippen molar-refractivity contribution < 1.29 is 9.84 Å². The number of hydrogen-bond acceptors (Lipinski definition) is 4. The molecular formula is C12H18N2O2. The van der Waals surface area contributed by atoms with Gasteiger partial charge in [0.15, 0.2) is 0 Å². The van der Waals surface area contributed by atoms with E-state index in [1.165, 1.54) is 0 Å². The molecule has 1 aliphatic rings. The molecule has 2 atom stereocenters. The highest BCUT2D eigenvalue weighted by Crippen LogP contribution is 2.22. The van der Waals surface area contributed by atoms with Gasteiger partial charge in [-0.05, 0) is 25.5 Å². The third kappa shape index (κ3) is 2.18. The van der Waals surface area contributed by atoms with E-state index in [1.54, 1.807) is 0 Å². The maximum absolute atomic E-state index is 9.06. The predicted octanol–water partition coefficient (Wildman–Crippen LogP) is 1.19. The maximum atomic E-state index is 9.06. The number of aliphatic hydroxyl groups is 1. The molecule has 88 valence electrons. The Balaban J connectivity index is 2.16. The normalized spacial score (nSPS) is 24.7. The van der Waals surface area contributed by atoms with Crippen LogP contribution in [0.5, 0.6) is 0 Å². The lowest BCUT2D eigenvalue weighted by Crippen LogP contribution is -2.37. The highest BCUT2D eigenvalue weighted by molar-refractivity contribution is 5.40. The van der Waals surface area contributed by atoms with E-state index in [0.717, 1.165) is 18.8 Å². The maximum Gasteiger partial charge on any atom is 0.128 e. The van der Waals surface area contributed by atoms with Crippen molar-refractivity contribution in [3.05, 3.63) is 23.9 Å². The molecule has 1 fully saturated rings. The molecule has 1 aromatic heterocycles. The van der Waals surface area contributed by atoms with Crippen LogP contribution in [0.25, 0.3) is 0 Å². The molecule has 0 spiro atoms. The Morgan fingerprint density at radius 1 is 1.56 bits per heavy atom. The number of likely N-dealkylation sites (N-methyl/N-ethyl adjacent to an activating group) is 1. The van der Waals surface area contributed by atoms with Crippen molar-refractivity contribution in [2.75, 3.05) is 18.6 Å². The first-order valence-corrected chi connectivity index (χ1v) is 5.63. The van der Waals surface area contributed by atoms with Crippen LogP contribution in [-0.4, -0.2) is 35.9 Å². The molecule has 2 rings (SSSR count). The van der Waals surface area contributed by atoms with Crippen LogP contribution in [0.15, 0.2) is 18.2 Å². The van der Waals surface area contributed by atoms with Crippen LogP contribution < -0.4 is 4.90 Å². The van der Waals surface area contributed by atoms with Crippen LogP contribution in [0.1, 0.15) is 19.0 Å². The molecule has 4 heteroatoms. The summed E-state index contributed by atoms with van der Waals surface area (Å²) < 4.78 is 5.55. The third-order valence-corrected chi connectivity index (χ3v) is 3.15. The van der Waals surface area contributed by atoms with Gasteiger partial charge in [0.05, 0.1) is 24.4 Å². The summed E-state index contributed by atoms with van der Waals surface area (Å²) in [5.74, 6) is 0.897. The molecule has 0 amide bonds. The van der Waals surface area contributed by atoms with Gasteiger partial charge >= 0.3 is 0 Å². The van der Waals surface area contributed by atoms with Gasteiger partial charge in [-0.25, -0.2) is 4.98 Å². The minimum atomic E-state index is -0.0155. The summed E-state index contributed by atoms with van der Waals surface area (Å²) in [5, 5.41) is 9.06. The molecule has 1 aromatic rings. The topological polar surface area (TPSA) is 45.6 Å². The molecule has 0 aliphatic carbocycles. The Labute approximate surface area is 95.9 Å². The molecule has 0 aromatic carbocycles. The van der Waals surface area contributed by atoms with Crippen molar-refractivity contribution in [1.82, 2.24) is 4.98 Å². The second-order valence-electron chi connectivity index (χ2n) is 4.19. The highest BCUT2D eigenvalue weighted by Gasteiger charge is 2.28. The van der Waals surface area contributed by atoms with Crippen LogP contribution >= 0.6 is 0 Å². The second kappa shape index (κ2) is 4.80. The summed E-state index contributed by atoms with van der Waals surface area (Å²) in [6.45, 7) is 2.89. The first-order valence-electron chi connectivity index (χ1n) is 5.63. The Hall–Kier alpha value is -1.13. The molecule has 2 unspecified atom stereocenters. The first kappa shape index (κ1) is 11.4. The molecule has 1 saturated heterocycles. The molecule has 1 aliphatic heterocycles. The Bertz CT molecular complexity index is 357. The molecule has 0 bridgehead atoms. The smallest absolute Gasteiger partial charge is 0.128 e. The van der Waals surface area contributed by atoms with Crippen molar-refractivity contribution >= 4 is 5.82 Å². The second-order valence-corrected chi connectivity index (χ2v) is 4.19. The number of ether oxygens (including phenoxy) is 1. The fraction of sp³-hybridized carbons (Fsp3) is 0.583. The van der Waals surface area contributed by atoms with E-state index in [2.05, 4.69) is 16.8 Å². The minimum Gasteiger partial charge on any atom is -0.390 e. The largest absolute Gasteiger partial charge is 0.390 e. The van der Waals surface area contributed by atoms with Gasteiger partial charge in [0, 0.05) is 13.7 Å². The molecule has 0 radical (unpaired) electrons. The number of nitrogens with zero attached hydrogens (tertiary/aromatic N) is 2. The standard InChI is InChI=1S/C12H18N2O2/c1-9-11(6-7-16-9)14(2)12-5-3-4-10(8-15)13-12/h3-5,9,11,15H,6-8H2,1-2H3. The van der Waals surface area contributed by atoms with Gasteiger partial charge in [-0.15, -0.1) is 0 Å². The lowest BCUT2D eigenvalue weighted by atomic mass is 10.1. The number of rotatable bonds is 3. The summed E-state index contributed by atoms with van der Waals surface area (Å²) in [6.07, 6.45) is 1.27. The molecular weight excluding hydrogens is 204 g/mol.